The van der Waals surface area contributed by atoms with E-state index in [0.29, 0.717) is 0 Å². The Balaban J connectivity index is 1.41. The number of unbranched alkanes of at least 4 members (excludes halogenated alkanes) is 1. The van der Waals surface area contributed by atoms with Crippen molar-refractivity contribution in [1.82, 2.24) is 14.8 Å². The minimum Gasteiger partial charge on any atom is -0.455 e. The maximum atomic E-state index is 6.90. The van der Waals surface area contributed by atoms with Crippen molar-refractivity contribution in [2.24, 2.45) is 0 Å². The van der Waals surface area contributed by atoms with Crippen LogP contribution in [-0.2, 0) is 12.0 Å². The second-order valence-electron chi connectivity index (χ2n) is 13.2. The molecule has 1 atom stereocenters. The van der Waals surface area contributed by atoms with Crippen molar-refractivity contribution < 1.29 is 13.6 Å². The Hall–Kier alpha value is -5.10. The van der Waals surface area contributed by atoms with E-state index < -0.39 is 0 Å². The van der Waals surface area contributed by atoms with Gasteiger partial charge in [-0.3, -0.25) is 0 Å². The lowest BCUT2D eigenvalue weighted by atomic mass is 9.78. The van der Waals surface area contributed by atoms with Gasteiger partial charge in [0.15, 0.2) is 11.7 Å². The van der Waals surface area contributed by atoms with Crippen LogP contribution in [-0.4, -0.2) is 14.8 Å². The van der Waals surface area contributed by atoms with Gasteiger partial charge in [-0.05, 0) is 55.7 Å². The Morgan fingerprint density at radius 3 is 2.57 bits per heavy atom. The molecule has 0 saturated heterocycles. The molecule has 47 heavy (non-hydrogen) atoms. The number of furan rings is 1. The fraction of sp³-hybridized carbons (Fsp3) is 0.268. The summed E-state index contributed by atoms with van der Waals surface area (Å²) in [6.07, 6.45) is 9.75. The number of hydrogen-bond acceptors (Lipinski definition) is 3. The van der Waals surface area contributed by atoms with Gasteiger partial charge in [-0.1, -0.05) is 57.5 Å². The first-order valence-corrected chi connectivity index (χ1v) is 17.2. The molecular formula is C41H39N5O+2. The Morgan fingerprint density at radius 2 is 1.72 bits per heavy atom. The third kappa shape index (κ3) is 3.84. The van der Waals surface area contributed by atoms with E-state index in [1.165, 1.54) is 56.1 Å². The van der Waals surface area contributed by atoms with Gasteiger partial charge in [0.2, 0.25) is 23.1 Å². The summed E-state index contributed by atoms with van der Waals surface area (Å²) in [5, 5.41) is 8.62. The number of nitrogens with zero attached hydrogens (tertiary/aromatic N) is 5. The molecule has 0 bridgehead atoms. The largest absolute Gasteiger partial charge is 0.455 e. The van der Waals surface area contributed by atoms with Gasteiger partial charge in [-0.15, -0.1) is 0 Å². The van der Waals surface area contributed by atoms with Gasteiger partial charge in [-0.2, -0.15) is 14.2 Å². The molecule has 9 rings (SSSR count). The first kappa shape index (κ1) is 28.1. The predicted octanol–water partition coefficient (Wildman–Crippen LogP) is 8.86. The van der Waals surface area contributed by atoms with Crippen molar-refractivity contribution in [3.8, 4) is 22.8 Å². The second kappa shape index (κ2) is 10.5. The number of aromatic nitrogens is 5. The third-order valence-electron chi connectivity index (χ3n) is 10.8. The fourth-order valence-electron chi connectivity index (χ4n) is 8.61. The van der Waals surface area contributed by atoms with Crippen molar-refractivity contribution in [1.29, 1.82) is 0 Å². The number of aryl methyl sites for hydroxylation is 2. The molecule has 2 aliphatic rings. The van der Waals surface area contributed by atoms with E-state index in [-0.39, 0.29) is 11.6 Å². The summed E-state index contributed by atoms with van der Waals surface area (Å²) in [6, 6.07) is 30.9. The van der Waals surface area contributed by atoms with Crippen LogP contribution >= 0.6 is 0 Å². The van der Waals surface area contributed by atoms with Crippen molar-refractivity contribution in [2.75, 3.05) is 0 Å². The highest BCUT2D eigenvalue weighted by atomic mass is 16.3. The number of rotatable bonds is 6. The van der Waals surface area contributed by atoms with Crippen LogP contribution in [0, 0.1) is 6.92 Å². The molecule has 3 aromatic carbocycles. The lowest BCUT2D eigenvalue weighted by molar-refractivity contribution is -0.754. The molecule has 2 aliphatic heterocycles. The van der Waals surface area contributed by atoms with Gasteiger partial charge in [0.05, 0.1) is 11.1 Å². The molecule has 6 nitrogen and oxygen atoms in total. The first-order chi connectivity index (χ1) is 23.1. The Bertz CT molecular complexity index is 2410. The average Bonchev–Trinajstić information content (AvgIpc) is 3.76. The maximum Gasteiger partial charge on any atom is 0.251 e. The molecule has 6 heterocycles. The monoisotopic (exact) mass is 617 g/mol. The van der Waals surface area contributed by atoms with E-state index >= 15 is 0 Å². The van der Waals surface area contributed by atoms with Gasteiger partial charge >= 0.3 is 0 Å². The van der Waals surface area contributed by atoms with Crippen molar-refractivity contribution in [3.05, 3.63) is 114 Å². The summed E-state index contributed by atoms with van der Waals surface area (Å²) in [5.41, 5.74) is 10.2. The van der Waals surface area contributed by atoms with Crippen LogP contribution in [0.5, 0.6) is 0 Å². The van der Waals surface area contributed by atoms with Gasteiger partial charge in [0, 0.05) is 65.0 Å². The number of hydrogen-bond donors (Lipinski definition) is 0. The van der Waals surface area contributed by atoms with E-state index in [0.717, 1.165) is 54.2 Å². The van der Waals surface area contributed by atoms with Crippen molar-refractivity contribution in [2.45, 2.75) is 71.4 Å². The zero-order chi connectivity index (χ0) is 31.9. The van der Waals surface area contributed by atoms with E-state index in [2.05, 4.69) is 127 Å². The highest BCUT2D eigenvalue weighted by Crippen LogP contribution is 2.50. The molecule has 4 aromatic heterocycles. The molecule has 0 saturated carbocycles. The normalized spacial score (nSPS) is 16.2. The van der Waals surface area contributed by atoms with Crippen LogP contribution < -0.4 is 9.13 Å². The molecule has 1 unspecified atom stereocenters. The highest BCUT2D eigenvalue weighted by molar-refractivity contribution is 6.11. The number of allylic oxidation sites excluding steroid dienone is 1. The SMILES string of the molecule is CCCCc1cccc2oc3c4c(ccc3c12)C(C1=Cn2nc(C)nc2-c2cccc[n+]2C1(CC)CC)[n+]1c-4ccc2ccccc21. The number of pyridine rings is 2. The number of fused-ring (bicyclic) bond motifs is 12. The summed E-state index contributed by atoms with van der Waals surface area (Å²) in [7, 11) is 0. The summed E-state index contributed by atoms with van der Waals surface area (Å²) >= 11 is 0. The zero-order valence-electron chi connectivity index (χ0n) is 27.5. The van der Waals surface area contributed by atoms with Crippen LogP contribution in [0.3, 0.4) is 0 Å². The Kier molecular flexibility index (Phi) is 6.26. The van der Waals surface area contributed by atoms with Crippen LogP contribution in [0.1, 0.15) is 69.4 Å². The van der Waals surface area contributed by atoms with E-state index in [9.17, 15) is 0 Å². The summed E-state index contributed by atoms with van der Waals surface area (Å²) in [4.78, 5) is 4.95. The van der Waals surface area contributed by atoms with Crippen LogP contribution in [0.4, 0.5) is 0 Å². The number of benzene rings is 3. The van der Waals surface area contributed by atoms with Gasteiger partial charge < -0.3 is 4.42 Å². The molecule has 0 N–H and O–H groups in total. The molecular weight excluding hydrogens is 578 g/mol. The Morgan fingerprint density at radius 1 is 0.872 bits per heavy atom. The molecule has 232 valence electrons. The Labute approximate surface area is 274 Å². The highest BCUT2D eigenvalue weighted by Gasteiger charge is 2.55. The summed E-state index contributed by atoms with van der Waals surface area (Å²) in [6.45, 7) is 8.87. The first-order valence-electron chi connectivity index (χ1n) is 17.2. The van der Waals surface area contributed by atoms with Gasteiger partial charge in [-0.25, -0.2) is 9.67 Å². The standard InChI is InChI=1S/C41H39N5O/c1-5-8-14-28-16-13-19-35-36(28)30-22-21-29-37(39(30)47-35)33-23-20-27-15-9-10-17-32(27)46(33)38(29)31-25-45-40(42-26(4)43-45)34-18-11-12-24-44(34)41(31,6-2)7-3/h9-13,15-25,38H,5-8,14H2,1-4H3/q+2. The minimum absolute atomic E-state index is 0.0841. The van der Waals surface area contributed by atoms with Crippen LogP contribution in [0.2, 0.25) is 0 Å². The van der Waals surface area contributed by atoms with Crippen molar-refractivity contribution >= 4 is 39.0 Å². The second-order valence-corrected chi connectivity index (χ2v) is 13.2. The van der Waals surface area contributed by atoms with Gasteiger partial charge in [0.1, 0.15) is 17.0 Å². The molecule has 6 heteroatoms. The van der Waals surface area contributed by atoms with Crippen molar-refractivity contribution in [3.63, 3.8) is 0 Å². The number of para-hydroxylation sites is 1. The zero-order valence-corrected chi connectivity index (χ0v) is 27.5. The summed E-state index contributed by atoms with van der Waals surface area (Å²) in [5.74, 6) is 1.64. The maximum absolute atomic E-state index is 6.90. The fourth-order valence-corrected chi connectivity index (χ4v) is 8.61. The van der Waals surface area contributed by atoms with Crippen LogP contribution in [0.15, 0.2) is 101 Å². The average molecular weight is 618 g/mol. The molecule has 0 spiro atoms. The molecule has 0 amide bonds. The minimum atomic E-state index is -0.323. The third-order valence-corrected chi connectivity index (χ3v) is 10.8. The van der Waals surface area contributed by atoms with E-state index in [4.69, 9.17) is 14.5 Å². The predicted molar refractivity (Wildman–Crippen MR) is 187 cm³/mol. The van der Waals surface area contributed by atoms with E-state index in [1.54, 1.807) is 0 Å². The lowest BCUT2D eigenvalue weighted by Gasteiger charge is -2.30. The molecule has 7 aromatic rings. The molecule has 0 aliphatic carbocycles. The lowest BCUT2D eigenvalue weighted by Crippen LogP contribution is -2.60. The van der Waals surface area contributed by atoms with Crippen LogP contribution in [0.25, 0.3) is 61.8 Å². The van der Waals surface area contributed by atoms with E-state index in [1.807, 2.05) is 11.6 Å². The smallest absolute Gasteiger partial charge is 0.251 e. The summed E-state index contributed by atoms with van der Waals surface area (Å²) < 4.78 is 14.0. The molecule has 0 fully saturated rings. The van der Waals surface area contributed by atoms with Gasteiger partial charge in [0.25, 0.3) is 5.69 Å². The topological polar surface area (TPSA) is 51.6 Å². The molecule has 0 radical (unpaired) electrons. The quantitative estimate of drug-likeness (QED) is 0.175.